The van der Waals surface area contributed by atoms with Gasteiger partial charge in [0, 0.05) is 18.2 Å². The average molecular weight is 215 g/mol. The Kier molecular flexibility index (Phi) is 2.40. The van der Waals surface area contributed by atoms with Gasteiger partial charge in [0.25, 0.3) is 0 Å². The Morgan fingerprint density at radius 2 is 2.44 bits per heavy atom. The van der Waals surface area contributed by atoms with Crippen molar-refractivity contribution in [3.8, 4) is 0 Å². The minimum Gasteiger partial charge on any atom is -0.314 e. The van der Waals surface area contributed by atoms with Crippen LogP contribution in [0.5, 0.6) is 0 Å². The van der Waals surface area contributed by atoms with Crippen LogP contribution in [-0.4, -0.2) is 22.0 Å². The van der Waals surface area contributed by atoms with Crippen LogP contribution >= 0.6 is 0 Å². The second-order valence-electron chi connectivity index (χ2n) is 4.60. The normalized spacial score (nSPS) is 20.7. The van der Waals surface area contributed by atoms with Crippen molar-refractivity contribution < 1.29 is 0 Å². The predicted octanol–water partition coefficient (Wildman–Crippen LogP) is 1.94. The van der Waals surface area contributed by atoms with Gasteiger partial charge in [0.05, 0.1) is 11.7 Å². The van der Waals surface area contributed by atoms with E-state index in [1.807, 2.05) is 6.20 Å². The van der Waals surface area contributed by atoms with Gasteiger partial charge in [-0.25, -0.2) is 4.98 Å². The molecule has 1 unspecified atom stereocenters. The molecule has 0 aromatic carbocycles. The van der Waals surface area contributed by atoms with Gasteiger partial charge < -0.3 is 9.72 Å². The summed E-state index contributed by atoms with van der Waals surface area (Å²) in [6, 6.07) is 6.96. The first-order chi connectivity index (χ1) is 7.84. The van der Waals surface area contributed by atoms with E-state index in [2.05, 4.69) is 39.8 Å². The zero-order chi connectivity index (χ0) is 11.0. The van der Waals surface area contributed by atoms with Crippen molar-refractivity contribution in [1.82, 2.24) is 14.7 Å². The Hall–Kier alpha value is -1.35. The Bertz CT molecular complexity index is 495. The van der Waals surface area contributed by atoms with Gasteiger partial charge in [0.2, 0.25) is 0 Å². The lowest BCUT2D eigenvalue weighted by atomic mass is 10.1. The second kappa shape index (κ2) is 3.91. The number of hydrogen-bond acceptors (Lipinski definition) is 2. The molecule has 1 aliphatic rings. The lowest BCUT2D eigenvalue weighted by molar-refractivity contribution is 0.583. The minimum absolute atomic E-state index is 0.616. The quantitative estimate of drug-likeness (QED) is 0.829. The summed E-state index contributed by atoms with van der Waals surface area (Å²) >= 11 is 0. The minimum atomic E-state index is 0.616. The predicted molar refractivity (Wildman–Crippen MR) is 64.7 cm³/mol. The molecule has 1 saturated heterocycles. The summed E-state index contributed by atoms with van der Waals surface area (Å²) in [5.74, 6) is 1.19. The van der Waals surface area contributed by atoms with E-state index in [1.54, 1.807) is 0 Å². The zero-order valence-corrected chi connectivity index (χ0v) is 9.61. The fourth-order valence-electron chi connectivity index (χ4n) is 2.59. The number of aryl methyl sites for hydroxylation is 1. The largest absolute Gasteiger partial charge is 0.314 e. The van der Waals surface area contributed by atoms with Crippen molar-refractivity contribution >= 4 is 5.52 Å². The molecule has 0 spiro atoms. The third kappa shape index (κ3) is 1.61. The first-order valence-corrected chi connectivity index (χ1v) is 6.00. The number of nitrogens with zero attached hydrogens (tertiary/aromatic N) is 2. The molecule has 1 aliphatic heterocycles. The molecule has 1 fully saturated rings. The Morgan fingerprint density at radius 1 is 1.50 bits per heavy atom. The standard InChI is InChI=1S/C13H17N3/c1-10-4-2-6-12-9-15-13(16(10)12)8-11-5-3-7-14-11/h2,4,6,9,11,14H,3,5,7-8H2,1H3. The second-order valence-corrected chi connectivity index (χ2v) is 4.60. The summed E-state index contributed by atoms with van der Waals surface area (Å²) in [4.78, 5) is 4.54. The molecular formula is C13H17N3. The molecule has 1 atom stereocenters. The topological polar surface area (TPSA) is 29.3 Å². The van der Waals surface area contributed by atoms with Gasteiger partial charge in [-0.3, -0.25) is 0 Å². The van der Waals surface area contributed by atoms with Crippen molar-refractivity contribution in [3.63, 3.8) is 0 Å². The SMILES string of the molecule is Cc1cccc2cnc(CC3CCCN3)n12. The molecule has 2 aromatic rings. The lowest BCUT2D eigenvalue weighted by Gasteiger charge is -2.10. The molecule has 2 aromatic heterocycles. The van der Waals surface area contributed by atoms with E-state index in [0.717, 1.165) is 13.0 Å². The maximum Gasteiger partial charge on any atom is 0.114 e. The molecule has 0 aliphatic carbocycles. The van der Waals surface area contributed by atoms with E-state index in [9.17, 15) is 0 Å². The highest BCUT2D eigenvalue weighted by molar-refractivity contribution is 5.47. The monoisotopic (exact) mass is 215 g/mol. The van der Waals surface area contributed by atoms with E-state index >= 15 is 0 Å². The van der Waals surface area contributed by atoms with Gasteiger partial charge in [-0.2, -0.15) is 0 Å². The average Bonchev–Trinajstić information content (AvgIpc) is 2.90. The van der Waals surface area contributed by atoms with Gasteiger partial charge in [-0.1, -0.05) is 6.07 Å². The number of aromatic nitrogens is 2. The smallest absolute Gasteiger partial charge is 0.114 e. The molecule has 0 bridgehead atoms. The molecular weight excluding hydrogens is 198 g/mol. The summed E-state index contributed by atoms with van der Waals surface area (Å²) < 4.78 is 2.26. The molecule has 0 radical (unpaired) electrons. The molecule has 0 saturated carbocycles. The van der Waals surface area contributed by atoms with Crippen molar-refractivity contribution in [1.29, 1.82) is 0 Å². The molecule has 3 rings (SSSR count). The number of pyridine rings is 1. The molecule has 0 amide bonds. The van der Waals surface area contributed by atoms with E-state index in [-0.39, 0.29) is 0 Å². The van der Waals surface area contributed by atoms with Crippen molar-refractivity contribution in [2.45, 2.75) is 32.2 Å². The first kappa shape index (κ1) is 9.85. The van der Waals surface area contributed by atoms with Crippen LogP contribution in [-0.2, 0) is 6.42 Å². The van der Waals surface area contributed by atoms with E-state index in [0.29, 0.717) is 6.04 Å². The molecule has 16 heavy (non-hydrogen) atoms. The van der Waals surface area contributed by atoms with Crippen molar-refractivity contribution in [2.24, 2.45) is 0 Å². The van der Waals surface area contributed by atoms with Crippen LogP contribution < -0.4 is 5.32 Å². The highest BCUT2D eigenvalue weighted by atomic mass is 15.0. The number of rotatable bonds is 2. The van der Waals surface area contributed by atoms with Gasteiger partial charge in [0.1, 0.15) is 5.82 Å². The fourth-order valence-corrected chi connectivity index (χ4v) is 2.59. The maximum absolute atomic E-state index is 4.54. The van der Waals surface area contributed by atoms with E-state index < -0.39 is 0 Å². The van der Waals surface area contributed by atoms with Crippen LogP contribution in [0.1, 0.15) is 24.4 Å². The first-order valence-electron chi connectivity index (χ1n) is 6.00. The van der Waals surface area contributed by atoms with E-state index in [4.69, 9.17) is 0 Å². The maximum atomic E-state index is 4.54. The van der Waals surface area contributed by atoms with E-state index in [1.165, 1.54) is 29.9 Å². The number of hydrogen-bond donors (Lipinski definition) is 1. The lowest BCUT2D eigenvalue weighted by Crippen LogP contribution is -2.24. The summed E-state index contributed by atoms with van der Waals surface area (Å²) in [6.45, 7) is 3.30. The van der Waals surface area contributed by atoms with Gasteiger partial charge in [0.15, 0.2) is 0 Å². The zero-order valence-electron chi connectivity index (χ0n) is 9.61. The fraction of sp³-hybridized carbons (Fsp3) is 0.462. The van der Waals surface area contributed by atoms with Crippen LogP contribution in [0, 0.1) is 6.92 Å². The molecule has 3 nitrogen and oxygen atoms in total. The summed E-state index contributed by atoms with van der Waals surface area (Å²) in [7, 11) is 0. The third-order valence-corrected chi connectivity index (χ3v) is 3.41. The van der Waals surface area contributed by atoms with Gasteiger partial charge in [-0.05, 0) is 38.4 Å². The van der Waals surface area contributed by atoms with Crippen molar-refractivity contribution in [2.75, 3.05) is 6.54 Å². The molecule has 84 valence electrons. The highest BCUT2D eigenvalue weighted by Gasteiger charge is 2.17. The number of fused-ring (bicyclic) bond motifs is 1. The van der Waals surface area contributed by atoms with Crippen LogP contribution in [0.4, 0.5) is 0 Å². The third-order valence-electron chi connectivity index (χ3n) is 3.41. The Balaban J connectivity index is 1.97. The Morgan fingerprint density at radius 3 is 3.25 bits per heavy atom. The highest BCUT2D eigenvalue weighted by Crippen LogP contribution is 2.15. The molecule has 3 heteroatoms. The number of nitrogens with one attached hydrogen (secondary N) is 1. The molecule has 3 heterocycles. The van der Waals surface area contributed by atoms with Gasteiger partial charge >= 0.3 is 0 Å². The Labute approximate surface area is 95.5 Å². The summed E-state index contributed by atoms with van der Waals surface area (Å²) in [5.41, 5.74) is 2.47. The van der Waals surface area contributed by atoms with Crippen LogP contribution in [0.3, 0.4) is 0 Å². The van der Waals surface area contributed by atoms with Crippen LogP contribution in [0.2, 0.25) is 0 Å². The summed E-state index contributed by atoms with van der Waals surface area (Å²) in [6.07, 6.45) is 5.59. The van der Waals surface area contributed by atoms with Gasteiger partial charge in [-0.15, -0.1) is 0 Å². The summed E-state index contributed by atoms with van der Waals surface area (Å²) in [5, 5.41) is 3.53. The van der Waals surface area contributed by atoms with Crippen molar-refractivity contribution in [3.05, 3.63) is 35.9 Å². The van der Waals surface area contributed by atoms with Crippen LogP contribution in [0.15, 0.2) is 24.4 Å². The van der Waals surface area contributed by atoms with Crippen LogP contribution in [0.25, 0.3) is 5.52 Å². The molecule has 1 N–H and O–H groups in total. The number of imidazole rings is 1.